The van der Waals surface area contributed by atoms with Crippen molar-refractivity contribution in [2.45, 2.75) is 70.6 Å². The van der Waals surface area contributed by atoms with Crippen molar-refractivity contribution in [2.24, 2.45) is 10.4 Å². The van der Waals surface area contributed by atoms with Crippen LogP contribution in [0.2, 0.25) is 5.02 Å². The number of aliphatic imine (C=N–C) groups is 1. The molecule has 2 aliphatic rings. The van der Waals surface area contributed by atoms with Crippen LogP contribution in [0, 0.1) is 5.41 Å². The first-order chi connectivity index (χ1) is 24.6. The minimum absolute atomic E-state index is 0.183. The average Bonchev–Trinajstić information content (AvgIpc) is 3.48. The molecule has 3 N–H and O–H groups in total. The molecule has 0 unspecified atom stereocenters. The van der Waals surface area contributed by atoms with E-state index in [-0.39, 0.29) is 24.5 Å². The normalized spacial score (nSPS) is 19.4. The van der Waals surface area contributed by atoms with Gasteiger partial charge in [-0.3, -0.25) is 14.7 Å². The lowest BCUT2D eigenvalue weighted by molar-refractivity contribution is -0.134. The number of alkyl carbamates (subject to hydrolysis) is 1. The lowest BCUT2D eigenvalue weighted by Gasteiger charge is -2.35. The van der Waals surface area contributed by atoms with Gasteiger partial charge in [-0.15, -0.1) is 4.99 Å². The lowest BCUT2D eigenvalue weighted by Crippen LogP contribution is -2.47. The summed E-state index contributed by atoms with van der Waals surface area (Å²) in [6, 6.07) is 16.0. The van der Waals surface area contributed by atoms with Crippen LogP contribution in [0.15, 0.2) is 84.2 Å². The molecule has 4 aromatic rings. The summed E-state index contributed by atoms with van der Waals surface area (Å²) in [4.78, 5) is 49.8. The Balaban J connectivity index is 1.46. The molecule has 0 radical (unpaired) electrons. The SMILES string of the molecule is CC(C)(C)C[C@]1(c2ccc(-c3cnn(C(F)F)c3)cc2)N/C(=N\C(=O)O)N([C@H](COC(=O)NC2(C)CC2)c2ccc(Cl)c(-c3ccccn3)c2)C1=O. The molecule has 0 spiro atoms. The van der Waals surface area contributed by atoms with Crippen LogP contribution < -0.4 is 10.6 Å². The zero-order chi connectivity index (χ0) is 37.4. The fourth-order valence-electron chi connectivity index (χ4n) is 6.36. The Kier molecular flexibility index (Phi) is 9.79. The van der Waals surface area contributed by atoms with Gasteiger partial charge in [0.05, 0.1) is 17.9 Å². The minimum Gasteiger partial charge on any atom is -0.463 e. The molecule has 15 heteroatoms. The number of carbonyl (C=O) groups excluding carboxylic acids is 2. The zero-order valence-corrected chi connectivity index (χ0v) is 29.7. The van der Waals surface area contributed by atoms with Crippen molar-refractivity contribution in [3.63, 3.8) is 0 Å². The summed E-state index contributed by atoms with van der Waals surface area (Å²) in [6.07, 6.45) is 3.69. The number of carboxylic acid groups (broad SMARTS) is 1. The van der Waals surface area contributed by atoms with E-state index in [1.807, 2.05) is 27.7 Å². The fourth-order valence-corrected chi connectivity index (χ4v) is 6.57. The van der Waals surface area contributed by atoms with E-state index in [1.165, 1.54) is 17.3 Å². The maximum absolute atomic E-state index is 15.1. The standard InChI is InChI=1S/C37H38ClF2N7O5/c1-35(2,3)21-37(25-11-8-22(9-12-25)24-18-42-46(19-24)31(39)40)30(48)47(32(44-37)43-33(49)50)29(20-52-34(51)45-36(4)14-15-36)23-10-13-27(38)26(17-23)28-7-5-6-16-41-28/h5-13,16-19,29,31H,14-15,20-21H2,1-4H3,(H,43,44)(H,45,51)(H,49,50)/t29-,37-/m1/s1. The number of hydrogen-bond donors (Lipinski definition) is 3. The Morgan fingerprint density at radius 2 is 1.85 bits per heavy atom. The number of pyridine rings is 1. The Morgan fingerprint density at radius 1 is 1.12 bits per heavy atom. The van der Waals surface area contributed by atoms with Crippen molar-refractivity contribution in [3.8, 4) is 22.4 Å². The second-order valence-corrected chi connectivity index (χ2v) is 14.9. The molecule has 272 valence electrons. The molecule has 1 saturated carbocycles. The van der Waals surface area contributed by atoms with E-state index in [4.69, 9.17) is 16.3 Å². The quantitative estimate of drug-likeness (QED) is 0.150. The van der Waals surface area contributed by atoms with Crippen molar-refractivity contribution in [2.75, 3.05) is 6.61 Å². The second kappa shape index (κ2) is 14.0. The number of nitrogens with one attached hydrogen (secondary N) is 2. The molecule has 6 rings (SSSR count). The fraction of sp³-hybridized carbons (Fsp3) is 0.351. The maximum atomic E-state index is 15.1. The average molecular weight is 734 g/mol. The molecule has 2 aromatic carbocycles. The van der Waals surface area contributed by atoms with Crippen molar-refractivity contribution in [1.82, 2.24) is 30.3 Å². The highest BCUT2D eigenvalue weighted by atomic mass is 35.5. The van der Waals surface area contributed by atoms with E-state index >= 15 is 4.79 Å². The largest absolute Gasteiger partial charge is 0.463 e. The van der Waals surface area contributed by atoms with Gasteiger partial charge in [-0.25, -0.2) is 14.3 Å². The molecule has 1 aliphatic heterocycles. The van der Waals surface area contributed by atoms with Crippen molar-refractivity contribution in [3.05, 3.63) is 95.4 Å². The number of aromatic nitrogens is 3. The first kappa shape index (κ1) is 36.4. The molecule has 2 fully saturated rings. The van der Waals surface area contributed by atoms with Gasteiger partial charge in [-0.05, 0) is 72.6 Å². The Labute approximate surface area is 303 Å². The van der Waals surface area contributed by atoms with Gasteiger partial charge in [0.15, 0.2) is 0 Å². The molecule has 1 aliphatic carbocycles. The predicted molar refractivity (Wildman–Crippen MR) is 190 cm³/mol. The van der Waals surface area contributed by atoms with E-state index in [1.54, 1.807) is 66.9 Å². The van der Waals surface area contributed by atoms with Crippen LogP contribution in [0.3, 0.4) is 0 Å². The van der Waals surface area contributed by atoms with Gasteiger partial charge in [-0.1, -0.05) is 68.8 Å². The highest BCUT2D eigenvalue weighted by Crippen LogP contribution is 2.43. The third kappa shape index (κ3) is 7.76. The number of halogens is 3. The number of carbonyl (C=O) groups is 3. The van der Waals surface area contributed by atoms with Gasteiger partial charge in [0, 0.05) is 34.1 Å². The van der Waals surface area contributed by atoms with Crippen molar-refractivity contribution >= 4 is 35.7 Å². The summed E-state index contributed by atoms with van der Waals surface area (Å²) in [5, 5.41) is 20.0. The van der Waals surface area contributed by atoms with Crippen LogP contribution in [-0.2, 0) is 15.1 Å². The van der Waals surface area contributed by atoms with Crippen molar-refractivity contribution < 1.29 is 33.0 Å². The third-order valence-electron chi connectivity index (χ3n) is 9.05. The molecule has 3 heterocycles. The van der Waals surface area contributed by atoms with Crippen LogP contribution in [0.25, 0.3) is 22.4 Å². The van der Waals surface area contributed by atoms with Gasteiger partial charge in [0.1, 0.15) is 12.1 Å². The molecule has 0 bridgehead atoms. The molecule has 2 aromatic heterocycles. The van der Waals surface area contributed by atoms with Crippen LogP contribution in [-0.4, -0.2) is 61.0 Å². The summed E-state index contributed by atoms with van der Waals surface area (Å²) in [5.41, 5.74) is 0.643. The van der Waals surface area contributed by atoms with Gasteiger partial charge >= 0.3 is 18.7 Å². The number of nitrogens with zero attached hydrogens (tertiary/aromatic N) is 5. The van der Waals surface area contributed by atoms with E-state index in [0.717, 1.165) is 12.8 Å². The minimum atomic E-state index is -2.80. The molecule has 52 heavy (non-hydrogen) atoms. The summed E-state index contributed by atoms with van der Waals surface area (Å²) < 4.78 is 32.7. The summed E-state index contributed by atoms with van der Waals surface area (Å²) in [6.45, 7) is 4.55. The van der Waals surface area contributed by atoms with Crippen LogP contribution in [0.4, 0.5) is 18.4 Å². The Bertz CT molecular complexity index is 2010. The van der Waals surface area contributed by atoms with Crippen molar-refractivity contribution in [1.29, 1.82) is 0 Å². The van der Waals surface area contributed by atoms with Gasteiger partial charge in [0.25, 0.3) is 5.91 Å². The first-order valence-corrected chi connectivity index (χ1v) is 17.0. The smallest absolute Gasteiger partial charge is 0.434 e. The molecular formula is C37H38ClF2N7O5. The van der Waals surface area contributed by atoms with E-state index in [9.17, 15) is 23.5 Å². The lowest BCUT2D eigenvalue weighted by atomic mass is 9.75. The highest BCUT2D eigenvalue weighted by Gasteiger charge is 2.55. The van der Waals surface area contributed by atoms with Crippen LogP contribution in [0.1, 0.15) is 70.7 Å². The number of hydrogen-bond acceptors (Lipinski definition) is 6. The summed E-state index contributed by atoms with van der Waals surface area (Å²) >= 11 is 6.63. The molecule has 2 atom stereocenters. The van der Waals surface area contributed by atoms with Crippen LogP contribution >= 0.6 is 11.6 Å². The first-order valence-electron chi connectivity index (χ1n) is 16.6. The monoisotopic (exact) mass is 733 g/mol. The Morgan fingerprint density at radius 3 is 2.44 bits per heavy atom. The summed E-state index contributed by atoms with van der Waals surface area (Å²) in [7, 11) is 0. The van der Waals surface area contributed by atoms with E-state index in [2.05, 4.69) is 25.7 Å². The molecule has 12 nitrogen and oxygen atoms in total. The topological polar surface area (TPSA) is 151 Å². The highest BCUT2D eigenvalue weighted by molar-refractivity contribution is 6.33. The van der Waals surface area contributed by atoms with Gasteiger partial charge in [0.2, 0.25) is 5.96 Å². The van der Waals surface area contributed by atoms with E-state index < -0.39 is 41.6 Å². The maximum Gasteiger partial charge on any atom is 0.434 e. The number of rotatable bonds is 10. The molecule has 3 amide bonds. The number of alkyl halides is 2. The predicted octanol–water partition coefficient (Wildman–Crippen LogP) is 7.78. The van der Waals surface area contributed by atoms with Crippen LogP contribution in [0.5, 0.6) is 0 Å². The van der Waals surface area contributed by atoms with Gasteiger partial charge in [-0.2, -0.15) is 13.9 Å². The Hall–Kier alpha value is -5.37. The summed E-state index contributed by atoms with van der Waals surface area (Å²) in [5.74, 6) is -0.806. The zero-order valence-electron chi connectivity index (χ0n) is 28.9. The van der Waals surface area contributed by atoms with Gasteiger partial charge < -0.3 is 20.5 Å². The van der Waals surface area contributed by atoms with E-state index in [0.29, 0.717) is 43.2 Å². The third-order valence-corrected chi connectivity index (χ3v) is 9.38. The number of ether oxygens (including phenoxy) is 1. The number of guanidine groups is 1. The molecular weight excluding hydrogens is 696 g/mol. The number of benzene rings is 2. The second-order valence-electron chi connectivity index (χ2n) is 14.5. The molecule has 1 saturated heterocycles. The number of amides is 3.